The zero-order valence-corrected chi connectivity index (χ0v) is 18.2. The van der Waals surface area contributed by atoms with Gasteiger partial charge in [-0.2, -0.15) is 5.10 Å². The molecule has 0 spiro atoms. The summed E-state index contributed by atoms with van der Waals surface area (Å²) in [7, 11) is 1.60. The molecule has 0 aliphatic rings. The molecule has 2 amide bonds. The fourth-order valence-electron chi connectivity index (χ4n) is 2.65. The first-order valence-corrected chi connectivity index (χ1v) is 10.0. The van der Waals surface area contributed by atoms with Crippen molar-refractivity contribution in [1.82, 2.24) is 10.4 Å². The minimum atomic E-state index is -0.468. The first-order valence-electron chi connectivity index (χ1n) is 9.22. The summed E-state index contributed by atoms with van der Waals surface area (Å²) in [6, 6.07) is 15.8. The average Bonchev–Trinajstić information content (AvgIpc) is 2.80. The predicted octanol–water partition coefficient (Wildman–Crippen LogP) is 4.53. The molecule has 0 aliphatic heterocycles. The Morgan fingerprint density at radius 1 is 1.10 bits per heavy atom. The van der Waals surface area contributed by atoms with Crippen LogP contribution in [0.5, 0.6) is 5.75 Å². The van der Waals surface area contributed by atoms with Crippen LogP contribution in [0.3, 0.4) is 0 Å². The minimum absolute atomic E-state index is 0.262. The molecule has 8 heteroatoms. The molecule has 1 heterocycles. The molecular weight excluding hydrogens is 460 g/mol. The van der Waals surface area contributed by atoms with Gasteiger partial charge in [0.1, 0.15) is 5.75 Å². The average molecular weight is 479 g/mol. The molecule has 7 nitrogen and oxygen atoms in total. The van der Waals surface area contributed by atoms with E-state index in [0.29, 0.717) is 15.7 Å². The van der Waals surface area contributed by atoms with Crippen molar-refractivity contribution in [3.05, 3.63) is 94.2 Å². The molecule has 3 aromatic rings. The number of pyridine rings is 1. The molecule has 0 fully saturated rings. The molecule has 156 valence electrons. The zero-order chi connectivity index (χ0) is 22.1. The summed E-state index contributed by atoms with van der Waals surface area (Å²) in [6.07, 6.45) is 7.98. The monoisotopic (exact) mass is 478 g/mol. The van der Waals surface area contributed by atoms with E-state index < -0.39 is 5.91 Å². The van der Waals surface area contributed by atoms with Gasteiger partial charge in [0.15, 0.2) is 0 Å². The number of hydrogen-bond acceptors (Lipinski definition) is 5. The fraction of sp³-hybridized carbons (Fsp3) is 0.0435. The van der Waals surface area contributed by atoms with Crippen LogP contribution in [0.4, 0.5) is 5.69 Å². The molecule has 0 saturated carbocycles. The Bertz CT molecular complexity index is 1130. The molecule has 31 heavy (non-hydrogen) atoms. The number of nitrogens with zero attached hydrogens (tertiary/aromatic N) is 2. The lowest BCUT2D eigenvalue weighted by atomic mass is 10.1. The molecule has 0 bridgehead atoms. The van der Waals surface area contributed by atoms with E-state index in [1.54, 1.807) is 49.7 Å². The third kappa shape index (κ3) is 6.10. The van der Waals surface area contributed by atoms with Gasteiger partial charge in [-0.3, -0.25) is 14.6 Å². The smallest absolute Gasteiger partial charge is 0.273 e. The van der Waals surface area contributed by atoms with Crippen molar-refractivity contribution in [2.75, 3.05) is 12.4 Å². The van der Waals surface area contributed by atoms with Crippen LogP contribution in [-0.2, 0) is 0 Å². The number of halogens is 1. The molecule has 2 aromatic carbocycles. The van der Waals surface area contributed by atoms with Crippen LogP contribution < -0.4 is 15.5 Å². The van der Waals surface area contributed by atoms with E-state index in [1.807, 2.05) is 30.3 Å². The maximum atomic E-state index is 12.6. The normalized spacial score (nSPS) is 10.9. The molecular formula is C23H19BrN4O3. The molecule has 0 unspecified atom stereocenters. The van der Waals surface area contributed by atoms with Crippen molar-refractivity contribution in [2.45, 2.75) is 0 Å². The van der Waals surface area contributed by atoms with Crippen molar-refractivity contribution in [3.63, 3.8) is 0 Å². The SMILES string of the molecule is COc1ccccc1/C=C/C=N/NC(=O)c1cc(Br)ccc1NC(=O)c1cccnc1. The van der Waals surface area contributed by atoms with Gasteiger partial charge in [0.25, 0.3) is 11.8 Å². The lowest BCUT2D eigenvalue weighted by Crippen LogP contribution is -2.21. The Balaban J connectivity index is 1.68. The van der Waals surface area contributed by atoms with Gasteiger partial charge in [0.05, 0.1) is 23.9 Å². The highest BCUT2D eigenvalue weighted by Gasteiger charge is 2.15. The van der Waals surface area contributed by atoms with Crippen LogP contribution >= 0.6 is 15.9 Å². The maximum Gasteiger partial charge on any atom is 0.273 e. The number of ether oxygens (including phenoxy) is 1. The van der Waals surface area contributed by atoms with Crippen LogP contribution in [0.25, 0.3) is 6.08 Å². The Morgan fingerprint density at radius 3 is 2.71 bits per heavy atom. The van der Waals surface area contributed by atoms with Crippen LogP contribution in [-0.4, -0.2) is 30.1 Å². The van der Waals surface area contributed by atoms with E-state index in [1.165, 1.54) is 12.4 Å². The summed E-state index contributed by atoms with van der Waals surface area (Å²) >= 11 is 3.34. The number of nitrogens with one attached hydrogen (secondary N) is 2. The Labute approximate surface area is 188 Å². The lowest BCUT2D eigenvalue weighted by Gasteiger charge is -2.10. The topological polar surface area (TPSA) is 92.7 Å². The van der Waals surface area contributed by atoms with Crippen LogP contribution in [0.2, 0.25) is 0 Å². The number of carbonyl (C=O) groups is 2. The highest BCUT2D eigenvalue weighted by atomic mass is 79.9. The van der Waals surface area contributed by atoms with Crippen LogP contribution in [0.1, 0.15) is 26.3 Å². The summed E-state index contributed by atoms with van der Waals surface area (Å²) in [5, 5.41) is 6.67. The molecule has 3 rings (SSSR count). The quantitative estimate of drug-likeness (QED) is 0.385. The summed E-state index contributed by atoms with van der Waals surface area (Å²) in [6.45, 7) is 0. The number of allylic oxidation sites excluding steroid dienone is 1. The number of rotatable bonds is 7. The van der Waals surface area contributed by atoms with Crippen molar-refractivity contribution in [2.24, 2.45) is 5.10 Å². The van der Waals surface area contributed by atoms with E-state index in [0.717, 1.165) is 11.3 Å². The number of hydrazone groups is 1. The lowest BCUT2D eigenvalue weighted by molar-refractivity contribution is 0.0956. The second-order valence-electron chi connectivity index (χ2n) is 6.21. The van der Waals surface area contributed by atoms with Crippen molar-refractivity contribution in [1.29, 1.82) is 0 Å². The van der Waals surface area contributed by atoms with E-state index in [9.17, 15) is 9.59 Å². The summed E-state index contributed by atoms with van der Waals surface area (Å²) in [5.74, 6) is -0.100. The predicted molar refractivity (Wildman–Crippen MR) is 124 cm³/mol. The zero-order valence-electron chi connectivity index (χ0n) is 16.6. The fourth-order valence-corrected chi connectivity index (χ4v) is 3.02. The Hall–Kier alpha value is -3.78. The van der Waals surface area contributed by atoms with Gasteiger partial charge >= 0.3 is 0 Å². The largest absolute Gasteiger partial charge is 0.496 e. The summed E-state index contributed by atoms with van der Waals surface area (Å²) in [5.41, 5.74) is 4.35. The van der Waals surface area contributed by atoms with Gasteiger partial charge < -0.3 is 10.1 Å². The molecule has 2 N–H and O–H groups in total. The molecule has 0 aliphatic carbocycles. The van der Waals surface area contributed by atoms with Gasteiger partial charge in [-0.05, 0) is 48.6 Å². The standard InChI is InChI=1S/C23H19BrN4O3/c1-31-21-9-3-2-6-16(21)7-5-13-26-28-23(30)19-14-18(24)10-11-20(19)27-22(29)17-8-4-12-25-15-17/h2-15H,1H3,(H,27,29)(H,28,30)/b7-5+,26-13+. The second-order valence-corrected chi connectivity index (χ2v) is 7.12. The van der Waals surface area contributed by atoms with E-state index in [2.05, 4.69) is 36.8 Å². The molecule has 0 saturated heterocycles. The van der Waals surface area contributed by atoms with Gasteiger partial charge in [0, 0.05) is 28.6 Å². The van der Waals surface area contributed by atoms with Gasteiger partial charge in [-0.25, -0.2) is 5.43 Å². The van der Waals surface area contributed by atoms with E-state index in [-0.39, 0.29) is 11.5 Å². The number of anilines is 1. The number of methoxy groups -OCH3 is 1. The van der Waals surface area contributed by atoms with Gasteiger partial charge in [0.2, 0.25) is 0 Å². The van der Waals surface area contributed by atoms with Crippen molar-refractivity contribution >= 4 is 45.7 Å². The number of carbonyl (C=O) groups excluding carboxylic acids is 2. The first kappa shape index (κ1) is 21.9. The van der Waals surface area contributed by atoms with Crippen molar-refractivity contribution < 1.29 is 14.3 Å². The number of para-hydroxylation sites is 1. The Kier molecular flexibility index (Phi) is 7.67. The summed E-state index contributed by atoms with van der Waals surface area (Å²) in [4.78, 5) is 29.0. The molecule has 1 aromatic heterocycles. The molecule has 0 atom stereocenters. The summed E-state index contributed by atoms with van der Waals surface area (Å²) < 4.78 is 5.97. The highest BCUT2D eigenvalue weighted by molar-refractivity contribution is 9.10. The highest BCUT2D eigenvalue weighted by Crippen LogP contribution is 2.22. The first-order chi connectivity index (χ1) is 15.1. The second kappa shape index (κ2) is 10.8. The van der Waals surface area contributed by atoms with Gasteiger partial charge in [-0.1, -0.05) is 34.1 Å². The minimum Gasteiger partial charge on any atom is -0.496 e. The number of aromatic nitrogens is 1. The maximum absolute atomic E-state index is 12.6. The third-order valence-electron chi connectivity index (χ3n) is 4.14. The number of hydrogen-bond donors (Lipinski definition) is 2. The van der Waals surface area contributed by atoms with Gasteiger partial charge in [-0.15, -0.1) is 0 Å². The van der Waals surface area contributed by atoms with Crippen LogP contribution in [0.15, 0.2) is 82.6 Å². The van der Waals surface area contributed by atoms with E-state index >= 15 is 0 Å². The number of benzene rings is 2. The van der Waals surface area contributed by atoms with E-state index in [4.69, 9.17) is 4.74 Å². The molecule has 0 radical (unpaired) electrons. The van der Waals surface area contributed by atoms with Crippen LogP contribution in [0, 0.1) is 0 Å². The Morgan fingerprint density at radius 2 is 1.94 bits per heavy atom. The third-order valence-corrected chi connectivity index (χ3v) is 4.63. The number of amides is 2. The van der Waals surface area contributed by atoms with Crippen molar-refractivity contribution in [3.8, 4) is 5.75 Å².